The van der Waals surface area contributed by atoms with Crippen molar-refractivity contribution < 1.29 is 27.8 Å². The second kappa shape index (κ2) is 9.34. The van der Waals surface area contributed by atoms with Crippen LogP contribution in [-0.4, -0.2) is 45.2 Å². The smallest absolute Gasteiger partial charge is 0.247 e. The van der Waals surface area contributed by atoms with Gasteiger partial charge in [-0.3, -0.25) is 4.79 Å². The number of Topliss-reactive ketones (excluding diaryl/α,β-unsaturated/α-hetero) is 1. The third-order valence-corrected chi connectivity index (χ3v) is 5.10. The summed E-state index contributed by atoms with van der Waals surface area (Å²) >= 11 is 0. The minimum absolute atomic E-state index is 0.154. The topological polar surface area (TPSA) is 96.8 Å². The van der Waals surface area contributed by atoms with Gasteiger partial charge in [0.25, 0.3) is 0 Å². The summed E-state index contributed by atoms with van der Waals surface area (Å²) in [6.45, 7) is 1.72. The minimum atomic E-state index is -0.849. The molecule has 0 bridgehead atoms. The van der Waals surface area contributed by atoms with E-state index in [9.17, 15) is 4.79 Å². The number of ketones is 1. The van der Waals surface area contributed by atoms with Crippen LogP contribution in [0.1, 0.15) is 28.1 Å². The molecule has 0 spiro atoms. The molecule has 2 heterocycles. The third-order valence-electron chi connectivity index (χ3n) is 5.10. The number of ether oxygens (including phenoxy) is 3. The van der Waals surface area contributed by atoms with Gasteiger partial charge in [0.05, 0.1) is 14.2 Å². The molecule has 0 aliphatic heterocycles. The molecule has 33 heavy (non-hydrogen) atoms. The summed E-state index contributed by atoms with van der Waals surface area (Å²) < 4.78 is 27.4. The highest BCUT2D eigenvalue weighted by Gasteiger charge is 2.25. The Bertz CT molecular complexity index is 1280. The largest absolute Gasteiger partial charge is 0.493 e. The quantitative estimate of drug-likeness (QED) is 0.300. The first-order chi connectivity index (χ1) is 15.9. The first-order valence-electron chi connectivity index (χ1n) is 10.0. The molecule has 1 unspecified atom stereocenters. The number of benzene rings is 2. The van der Waals surface area contributed by atoms with Crippen molar-refractivity contribution in [2.75, 3.05) is 21.3 Å². The van der Waals surface area contributed by atoms with E-state index in [1.807, 2.05) is 0 Å². The van der Waals surface area contributed by atoms with Crippen LogP contribution in [-0.2, 0) is 4.74 Å². The molecule has 0 N–H and O–H groups in total. The summed E-state index contributed by atoms with van der Waals surface area (Å²) in [6.07, 6.45) is -0.849. The summed E-state index contributed by atoms with van der Waals surface area (Å²) in [7, 11) is 10.6. The second-order valence-corrected chi connectivity index (χ2v) is 7.19. The van der Waals surface area contributed by atoms with Gasteiger partial charge in [0.2, 0.25) is 17.6 Å². The number of carbonyl (C=O) groups is 1. The molecular weight excluding hydrogens is 423 g/mol. The average Bonchev–Trinajstić information content (AvgIpc) is 3.49. The van der Waals surface area contributed by atoms with Gasteiger partial charge in [0.1, 0.15) is 19.7 Å². The maximum atomic E-state index is 13.1. The minimum Gasteiger partial charge on any atom is -0.493 e. The van der Waals surface area contributed by atoms with Gasteiger partial charge in [-0.25, -0.2) is 0 Å². The molecule has 0 saturated heterocycles. The molecule has 4 rings (SSSR count). The van der Waals surface area contributed by atoms with E-state index in [4.69, 9.17) is 30.9 Å². The summed E-state index contributed by atoms with van der Waals surface area (Å²) in [5.41, 5.74) is 2.45. The fourth-order valence-corrected chi connectivity index (χ4v) is 3.50. The van der Waals surface area contributed by atoms with Gasteiger partial charge in [-0.15, -0.1) is 10.2 Å². The van der Waals surface area contributed by atoms with Crippen molar-refractivity contribution in [2.24, 2.45) is 0 Å². The van der Waals surface area contributed by atoms with Gasteiger partial charge in [-0.1, -0.05) is 23.7 Å². The Morgan fingerprint density at radius 2 is 1.70 bits per heavy atom. The van der Waals surface area contributed by atoms with Crippen LogP contribution in [0.25, 0.3) is 22.8 Å². The van der Waals surface area contributed by atoms with Crippen LogP contribution in [0.2, 0.25) is 0 Å². The molecule has 9 heteroatoms. The van der Waals surface area contributed by atoms with Crippen molar-refractivity contribution >= 4 is 19.1 Å². The van der Waals surface area contributed by atoms with Crippen LogP contribution in [0.4, 0.5) is 0 Å². The van der Waals surface area contributed by atoms with Crippen molar-refractivity contribution in [2.45, 2.75) is 13.0 Å². The lowest BCUT2D eigenvalue weighted by molar-refractivity contribution is 0.0577. The number of hydrogen-bond acceptors (Lipinski definition) is 8. The van der Waals surface area contributed by atoms with Crippen molar-refractivity contribution in [3.05, 3.63) is 65.7 Å². The first kappa shape index (κ1) is 22.4. The molecule has 0 aliphatic carbocycles. The van der Waals surface area contributed by atoms with E-state index >= 15 is 0 Å². The highest BCUT2D eigenvalue weighted by molar-refractivity contribution is 6.35. The average molecular weight is 444 g/mol. The molecule has 4 aromatic rings. The molecule has 8 nitrogen and oxygen atoms in total. The first-order valence-corrected chi connectivity index (χ1v) is 10.0. The summed E-state index contributed by atoms with van der Waals surface area (Å²) in [5.74, 6) is 2.07. The van der Waals surface area contributed by atoms with Crippen LogP contribution in [0.5, 0.6) is 11.5 Å². The predicted octanol–water partition coefficient (Wildman–Crippen LogP) is 3.69. The Labute approximate surface area is 191 Å². The number of carbonyl (C=O) groups excluding carboxylic acids is 1. The van der Waals surface area contributed by atoms with Crippen LogP contribution in [0.15, 0.2) is 57.4 Å². The van der Waals surface area contributed by atoms with E-state index in [0.717, 1.165) is 5.56 Å². The van der Waals surface area contributed by atoms with Crippen LogP contribution in [0, 0.1) is 6.92 Å². The Hall–Kier alpha value is -3.85. The number of aryl methyl sites for hydroxylation is 1. The Morgan fingerprint density at radius 3 is 2.30 bits per heavy atom. The summed E-state index contributed by atoms with van der Waals surface area (Å²) in [6, 6.07) is 13.9. The van der Waals surface area contributed by atoms with Crippen molar-refractivity contribution in [1.82, 2.24) is 10.2 Å². The van der Waals surface area contributed by atoms with E-state index in [1.54, 1.807) is 55.5 Å². The van der Waals surface area contributed by atoms with E-state index in [0.29, 0.717) is 45.6 Å². The standard InChI is InChI=1S/C24H21BN2O6/c1-13-26-27-24(32-13)15-7-5-14(6-8-15)22(30-3)21(28)19-10-9-18(33-19)16-11-17(25)23(31-4)20(12-16)29-2/h5-12,22H,1-4H3. The van der Waals surface area contributed by atoms with Crippen molar-refractivity contribution in [1.29, 1.82) is 0 Å². The Morgan fingerprint density at radius 1 is 0.939 bits per heavy atom. The van der Waals surface area contributed by atoms with E-state index in [1.165, 1.54) is 21.3 Å². The number of nitrogens with zero attached hydrogens (tertiary/aromatic N) is 2. The number of hydrogen-bond donors (Lipinski definition) is 0. The van der Waals surface area contributed by atoms with E-state index < -0.39 is 6.10 Å². The molecule has 0 aliphatic rings. The Kier molecular flexibility index (Phi) is 6.32. The zero-order valence-electron chi connectivity index (χ0n) is 18.6. The van der Waals surface area contributed by atoms with Crippen LogP contribution >= 0.6 is 0 Å². The monoisotopic (exact) mass is 444 g/mol. The van der Waals surface area contributed by atoms with Crippen LogP contribution in [0.3, 0.4) is 0 Å². The van der Waals surface area contributed by atoms with Gasteiger partial charge in [0.15, 0.2) is 17.3 Å². The van der Waals surface area contributed by atoms with Crippen molar-refractivity contribution in [3.63, 3.8) is 0 Å². The lowest BCUT2D eigenvalue weighted by Crippen LogP contribution is -2.14. The normalized spacial score (nSPS) is 11.9. The molecular formula is C24H21BN2O6. The Balaban J connectivity index is 1.59. The number of methoxy groups -OCH3 is 3. The molecule has 2 aromatic carbocycles. The van der Waals surface area contributed by atoms with E-state index in [-0.39, 0.29) is 11.5 Å². The van der Waals surface area contributed by atoms with E-state index in [2.05, 4.69) is 10.2 Å². The molecule has 2 aromatic heterocycles. The number of aromatic nitrogens is 2. The maximum absolute atomic E-state index is 13.1. The highest BCUT2D eigenvalue weighted by atomic mass is 16.5. The van der Waals surface area contributed by atoms with Gasteiger partial charge in [-0.05, 0) is 35.9 Å². The predicted molar refractivity (Wildman–Crippen MR) is 121 cm³/mol. The van der Waals surface area contributed by atoms with Crippen molar-refractivity contribution in [3.8, 4) is 34.3 Å². The summed E-state index contributed by atoms with van der Waals surface area (Å²) in [4.78, 5) is 13.1. The second-order valence-electron chi connectivity index (χ2n) is 7.19. The molecule has 0 saturated carbocycles. The maximum Gasteiger partial charge on any atom is 0.247 e. The van der Waals surface area contributed by atoms with Gasteiger partial charge in [-0.2, -0.15) is 0 Å². The lowest BCUT2D eigenvalue weighted by Gasteiger charge is -2.14. The SMILES string of the molecule is [B]c1cc(-c2ccc(C(=O)C(OC)c3ccc(-c4nnc(C)o4)cc3)o2)cc(OC)c1OC. The van der Waals surface area contributed by atoms with Gasteiger partial charge >= 0.3 is 0 Å². The fourth-order valence-electron chi connectivity index (χ4n) is 3.50. The fraction of sp³-hybridized carbons (Fsp3) is 0.208. The molecule has 166 valence electrons. The van der Waals surface area contributed by atoms with Crippen LogP contribution < -0.4 is 14.9 Å². The van der Waals surface area contributed by atoms with Gasteiger partial charge in [0, 0.05) is 25.2 Å². The lowest BCUT2D eigenvalue weighted by atomic mass is 9.92. The number of furan rings is 1. The number of rotatable bonds is 8. The molecule has 0 amide bonds. The zero-order valence-corrected chi connectivity index (χ0v) is 18.6. The molecule has 0 fully saturated rings. The molecule has 2 radical (unpaired) electrons. The van der Waals surface area contributed by atoms with Gasteiger partial charge < -0.3 is 23.0 Å². The third kappa shape index (κ3) is 4.40. The molecule has 1 atom stereocenters. The highest BCUT2D eigenvalue weighted by Crippen LogP contribution is 2.33. The zero-order chi connectivity index (χ0) is 23.5. The summed E-state index contributed by atoms with van der Waals surface area (Å²) in [5, 5.41) is 7.83.